The molecule has 0 bridgehead atoms. The third-order valence-corrected chi connectivity index (χ3v) is 1.57. The van der Waals surface area contributed by atoms with Crippen LogP contribution in [0.5, 0.6) is 0 Å². The molecule has 0 atom stereocenters. The molecule has 1 heterocycles. The van der Waals surface area contributed by atoms with Crippen molar-refractivity contribution in [2.75, 3.05) is 14.1 Å². The summed E-state index contributed by atoms with van der Waals surface area (Å²) in [6, 6.07) is 3.69. The van der Waals surface area contributed by atoms with Gasteiger partial charge in [-0.3, -0.25) is 9.78 Å². The molecule has 1 amide bonds. The molecule has 0 aromatic carbocycles. The van der Waals surface area contributed by atoms with Crippen molar-refractivity contribution < 1.29 is 4.79 Å². The van der Waals surface area contributed by atoms with Crippen LogP contribution >= 0.6 is 0 Å². The summed E-state index contributed by atoms with van der Waals surface area (Å²) >= 11 is 0. The molecule has 1 aromatic heterocycles. The maximum Gasteiger partial charge on any atom is 0.246 e. The van der Waals surface area contributed by atoms with Crippen LogP contribution in [-0.2, 0) is 4.79 Å². The molecule has 1 aromatic rings. The summed E-state index contributed by atoms with van der Waals surface area (Å²) in [5.74, 6) is -0.0168. The van der Waals surface area contributed by atoms with Crippen molar-refractivity contribution in [2.24, 2.45) is 0 Å². The number of rotatable bonds is 2. The van der Waals surface area contributed by atoms with Crippen molar-refractivity contribution >= 4 is 12.0 Å². The molecule has 0 saturated heterocycles. The van der Waals surface area contributed by atoms with Crippen molar-refractivity contribution in [3.05, 3.63) is 36.2 Å². The Bertz CT molecular complexity index is 304. The van der Waals surface area contributed by atoms with Gasteiger partial charge in [-0.2, -0.15) is 0 Å². The third kappa shape index (κ3) is 3.07. The second kappa shape index (κ2) is 4.40. The van der Waals surface area contributed by atoms with Crippen LogP contribution in [0.3, 0.4) is 0 Å². The zero-order valence-corrected chi connectivity index (χ0v) is 7.77. The highest BCUT2D eigenvalue weighted by Crippen LogP contribution is 1.99. The molecule has 0 fully saturated rings. The largest absolute Gasteiger partial charge is 0.345 e. The van der Waals surface area contributed by atoms with E-state index in [4.69, 9.17) is 0 Å². The van der Waals surface area contributed by atoms with E-state index in [-0.39, 0.29) is 5.91 Å². The fraction of sp³-hybridized carbons (Fsp3) is 0.200. The number of hydrogen-bond donors (Lipinski definition) is 0. The van der Waals surface area contributed by atoms with Gasteiger partial charge >= 0.3 is 0 Å². The molecule has 0 N–H and O–H groups in total. The number of hydrogen-bond acceptors (Lipinski definition) is 2. The van der Waals surface area contributed by atoms with Gasteiger partial charge in [0.15, 0.2) is 0 Å². The number of carbonyl (C=O) groups is 1. The van der Waals surface area contributed by atoms with Gasteiger partial charge in [-0.25, -0.2) is 0 Å². The first kappa shape index (κ1) is 9.45. The van der Waals surface area contributed by atoms with Crippen LogP contribution < -0.4 is 0 Å². The lowest BCUT2D eigenvalue weighted by Gasteiger charge is -2.04. The van der Waals surface area contributed by atoms with Crippen LogP contribution in [0.2, 0.25) is 0 Å². The molecule has 0 spiro atoms. The number of amides is 1. The highest BCUT2D eigenvalue weighted by Gasteiger charge is 1.95. The summed E-state index contributed by atoms with van der Waals surface area (Å²) in [5, 5.41) is 0. The number of pyridine rings is 1. The molecule has 0 unspecified atom stereocenters. The van der Waals surface area contributed by atoms with Gasteiger partial charge in [0.05, 0.1) is 0 Å². The van der Waals surface area contributed by atoms with E-state index in [2.05, 4.69) is 4.98 Å². The summed E-state index contributed by atoms with van der Waals surface area (Å²) in [6.45, 7) is 0. The predicted octanol–water partition coefficient (Wildman–Crippen LogP) is 1.18. The lowest BCUT2D eigenvalue weighted by Crippen LogP contribution is -2.18. The summed E-state index contributed by atoms with van der Waals surface area (Å²) in [5.41, 5.74) is 0.977. The second-order valence-corrected chi connectivity index (χ2v) is 2.85. The van der Waals surface area contributed by atoms with E-state index < -0.39 is 0 Å². The van der Waals surface area contributed by atoms with E-state index in [1.807, 2.05) is 12.1 Å². The SMILES string of the molecule is CN(C)C(=O)C=Cc1ccncc1. The van der Waals surface area contributed by atoms with E-state index in [9.17, 15) is 4.79 Å². The molecule has 1 rings (SSSR count). The van der Waals surface area contributed by atoms with Crippen molar-refractivity contribution in [1.29, 1.82) is 0 Å². The summed E-state index contributed by atoms with van der Waals surface area (Å²) in [4.78, 5) is 16.5. The molecule has 0 radical (unpaired) electrons. The van der Waals surface area contributed by atoms with Crippen molar-refractivity contribution in [1.82, 2.24) is 9.88 Å². The quantitative estimate of drug-likeness (QED) is 0.634. The minimum atomic E-state index is -0.0168. The van der Waals surface area contributed by atoms with Crippen LogP contribution in [0.15, 0.2) is 30.6 Å². The van der Waals surface area contributed by atoms with Crippen LogP contribution in [-0.4, -0.2) is 29.9 Å². The zero-order valence-electron chi connectivity index (χ0n) is 7.77. The first-order chi connectivity index (χ1) is 6.20. The lowest BCUT2D eigenvalue weighted by molar-refractivity contribution is -0.123. The smallest absolute Gasteiger partial charge is 0.246 e. The van der Waals surface area contributed by atoms with Crippen LogP contribution in [0.25, 0.3) is 6.08 Å². The molecule has 3 nitrogen and oxygen atoms in total. The minimum absolute atomic E-state index is 0.0168. The second-order valence-electron chi connectivity index (χ2n) is 2.85. The molecule has 3 heteroatoms. The molecular weight excluding hydrogens is 164 g/mol. The van der Waals surface area contributed by atoms with Crippen molar-refractivity contribution in [3.8, 4) is 0 Å². The van der Waals surface area contributed by atoms with E-state index in [1.54, 1.807) is 32.6 Å². The molecule has 13 heavy (non-hydrogen) atoms. The number of aromatic nitrogens is 1. The standard InChI is InChI=1S/C10H12N2O/c1-12(2)10(13)4-3-9-5-7-11-8-6-9/h3-8H,1-2H3. The Hall–Kier alpha value is -1.64. The first-order valence-corrected chi connectivity index (χ1v) is 3.99. The topological polar surface area (TPSA) is 33.2 Å². The first-order valence-electron chi connectivity index (χ1n) is 3.99. The molecular formula is C10H12N2O. The van der Waals surface area contributed by atoms with Gasteiger partial charge < -0.3 is 4.90 Å². The number of nitrogens with zero attached hydrogens (tertiary/aromatic N) is 2. The number of carbonyl (C=O) groups excluding carboxylic acids is 1. The third-order valence-electron chi connectivity index (χ3n) is 1.57. The molecule has 0 aliphatic carbocycles. The average Bonchev–Trinajstić information content (AvgIpc) is 2.15. The Morgan fingerprint density at radius 3 is 2.54 bits per heavy atom. The van der Waals surface area contributed by atoms with E-state index in [1.165, 1.54) is 11.0 Å². The molecule has 68 valence electrons. The van der Waals surface area contributed by atoms with Crippen LogP contribution in [0.1, 0.15) is 5.56 Å². The van der Waals surface area contributed by atoms with Gasteiger partial charge in [-0.1, -0.05) is 0 Å². The Labute approximate surface area is 77.7 Å². The van der Waals surface area contributed by atoms with Gasteiger partial charge in [0, 0.05) is 32.6 Å². The Morgan fingerprint density at radius 2 is 2.00 bits per heavy atom. The van der Waals surface area contributed by atoms with E-state index >= 15 is 0 Å². The van der Waals surface area contributed by atoms with Gasteiger partial charge in [0.2, 0.25) is 5.91 Å². The van der Waals surface area contributed by atoms with Gasteiger partial charge in [-0.15, -0.1) is 0 Å². The fourth-order valence-corrected chi connectivity index (χ4v) is 0.791. The van der Waals surface area contributed by atoms with Crippen LogP contribution in [0.4, 0.5) is 0 Å². The number of likely N-dealkylation sites (N-methyl/N-ethyl adjacent to an activating group) is 1. The Kier molecular flexibility index (Phi) is 3.20. The fourth-order valence-electron chi connectivity index (χ4n) is 0.791. The van der Waals surface area contributed by atoms with E-state index in [0.29, 0.717) is 0 Å². The predicted molar refractivity (Wildman–Crippen MR) is 52.0 cm³/mol. The maximum absolute atomic E-state index is 11.1. The minimum Gasteiger partial charge on any atom is -0.345 e. The normalized spacial score (nSPS) is 10.3. The van der Waals surface area contributed by atoms with Gasteiger partial charge in [0.25, 0.3) is 0 Å². The Morgan fingerprint density at radius 1 is 1.38 bits per heavy atom. The summed E-state index contributed by atoms with van der Waals surface area (Å²) < 4.78 is 0. The van der Waals surface area contributed by atoms with Gasteiger partial charge in [0.1, 0.15) is 0 Å². The highest BCUT2D eigenvalue weighted by molar-refractivity contribution is 5.91. The maximum atomic E-state index is 11.1. The highest BCUT2D eigenvalue weighted by atomic mass is 16.2. The van der Waals surface area contributed by atoms with Gasteiger partial charge in [-0.05, 0) is 23.8 Å². The van der Waals surface area contributed by atoms with Crippen molar-refractivity contribution in [2.45, 2.75) is 0 Å². The molecule has 0 aliphatic rings. The van der Waals surface area contributed by atoms with Crippen LogP contribution in [0, 0.1) is 0 Å². The summed E-state index contributed by atoms with van der Waals surface area (Å²) in [6.07, 6.45) is 6.69. The average molecular weight is 176 g/mol. The van der Waals surface area contributed by atoms with E-state index in [0.717, 1.165) is 5.56 Å². The zero-order chi connectivity index (χ0) is 9.68. The summed E-state index contributed by atoms with van der Waals surface area (Å²) in [7, 11) is 3.44. The molecule has 0 saturated carbocycles. The molecule has 0 aliphatic heterocycles. The van der Waals surface area contributed by atoms with Crippen molar-refractivity contribution in [3.63, 3.8) is 0 Å². The lowest BCUT2D eigenvalue weighted by atomic mass is 10.2. The monoisotopic (exact) mass is 176 g/mol. The Balaban J connectivity index is 2.64.